The number of amides is 1. The SMILES string of the molecule is O=C(NCc1ccc2ccccc2c1)c1cc([N+](=O)[O-])ccc1NC(CO)CO. The summed E-state index contributed by atoms with van der Waals surface area (Å²) in [6.07, 6.45) is 0. The van der Waals surface area contributed by atoms with E-state index in [-0.39, 0.29) is 31.0 Å². The summed E-state index contributed by atoms with van der Waals surface area (Å²) in [5, 5.41) is 37.4. The number of aliphatic hydroxyl groups is 2. The van der Waals surface area contributed by atoms with Crippen molar-refractivity contribution in [1.29, 1.82) is 0 Å². The van der Waals surface area contributed by atoms with Crippen LogP contribution in [0.5, 0.6) is 0 Å². The first-order chi connectivity index (χ1) is 14.0. The Kier molecular flexibility index (Phi) is 6.38. The third kappa shape index (κ3) is 4.87. The van der Waals surface area contributed by atoms with E-state index >= 15 is 0 Å². The average Bonchev–Trinajstić information content (AvgIpc) is 2.75. The van der Waals surface area contributed by atoms with Crippen molar-refractivity contribution in [2.45, 2.75) is 12.6 Å². The van der Waals surface area contributed by atoms with Gasteiger partial charge in [0.1, 0.15) is 0 Å². The summed E-state index contributed by atoms with van der Waals surface area (Å²) in [5.74, 6) is -0.501. The minimum atomic E-state index is -0.691. The Hall–Kier alpha value is -3.49. The highest BCUT2D eigenvalue weighted by Gasteiger charge is 2.18. The largest absolute Gasteiger partial charge is 0.394 e. The van der Waals surface area contributed by atoms with E-state index in [2.05, 4.69) is 10.6 Å². The number of nitro benzene ring substituents is 1. The first-order valence-corrected chi connectivity index (χ1v) is 9.04. The molecule has 150 valence electrons. The number of nitrogens with zero attached hydrogens (tertiary/aromatic N) is 1. The number of nitrogens with one attached hydrogen (secondary N) is 2. The number of nitro groups is 1. The Balaban J connectivity index is 1.81. The summed E-state index contributed by atoms with van der Waals surface area (Å²) in [6, 6.07) is 16.8. The van der Waals surface area contributed by atoms with Gasteiger partial charge in [0.2, 0.25) is 0 Å². The maximum absolute atomic E-state index is 12.7. The van der Waals surface area contributed by atoms with Gasteiger partial charge in [-0.25, -0.2) is 0 Å². The van der Waals surface area contributed by atoms with E-state index in [0.29, 0.717) is 5.69 Å². The first-order valence-electron chi connectivity index (χ1n) is 9.04. The summed E-state index contributed by atoms with van der Waals surface area (Å²) in [5.41, 5.74) is 1.02. The zero-order valence-corrected chi connectivity index (χ0v) is 15.5. The van der Waals surface area contributed by atoms with Crippen LogP contribution in [-0.2, 0) is 6.54 Å². The number of hydrogen-bond donors (Lipinski definition) is 4. The van der Waals surface area contributed by atoms with Crippen LogP contribution in [-0.4, -0.2) is 40.3 Å². The zero-order chi connectivity index (χ0) is 20.8. The predicted molar refractivity (Wildman–Crippen MR) is 110 cm³/mol. The van der Waals surface area contributed by atoms with E-state index in [0.717, 1.165) is 16.3 Å². The second kappa shape index (κ2) is 9.13. The van der Waals surface area contributed by atoms with Crippen molar-refractivity contribution in [3.8, 4) is 0 Å². The molecule has 1 amide bonds. The number of non-ortho nitro benzene ring substituents is 1. The highest BCUT2D eigenvalue weighted by atomic mass is 16.6. The van der Waals surface area contributed by atoms with Crippen LogP contribution < -0.4 is 10.6 Å². The van der Waals surface area contributed by atoms with Crippen LogP contribution in [0.4, 0.5) is 11.4 Å². The lowest BCUT2D eigenvalue weighted by Gasteiger charge is -2.17. The molecule has 29 heavy (non-hydrogen) atoms. The molecule has 3 aromatic rings. The fourth-order valence-corrected chi connectivity index (χ4v) is 2.95. The van der Waals surface area contributed by atoms with Crippen LogP contribution in [0.1, 0.15) is 15.9 Å². The minimum absolute atomic E-state index is 0.0619. The Morgan fingerprint density at radius 3 is 2.41 bits per heavy atom. The normalized spacial score (nSPS) is 10.9. The zero-order valence-electron chi connectivity index (χ0n) is 15.5. The third-order valence-electron chi connectivity index (χ3n) is 4.53. The smallest absolute Gasteiger partial charge is 0.270 e. The van der Waals surface area contributed by atoms with E-state index in [9.17, 15) is 25.1 Å². The van der Waals surface area contributed by atoms with Crippen molar-refractivity contribution in [2.24, 2.45) is 0 Å². The number of rotatable bonds is 8. The number of aliphatic hydroxyl groups excluding tert-OH is 2. The highest BCUT2D eigenvalue weighted by Crippen LogP contribution is 2.23. The maximum Gasteiger partial charge on any atom is 0.270 e. The van der Waals surface area contributed by atoms with Crippen LogP contribution in [0.3, 0.4) is 0 Å². The summed E-state index contributed by atoms with van der Waals surface area (Å²) in [7, 11) is 0. The fourth-order valence-electron chi connectivity index (χ4n) is 2.95. The van der Waals surface area contributed by atoms with Crippen molar-refractivity contribution in [3.05, 3.63) is 81.9 Å². The summed E-state index contributed by atoms with van der Waals surface area (Å²) in [4.78, 5) is 23.3. The van der Waals surface area contributed by atoms with Gasteiger partial charge in [-0.1, -0.05) is 36.4 Å². The first kappa shape index (κ1) is 20.2. The number of anilines is 1. The van der Waals surface area contributed by atoms with Crippen molar-refractivity contribution >= 4 is 28.1 Å². The predicted octanol–water partition coefficient (Wildman–Crippen LogP) is 2.44. The molecule has 0 aliphatic carbocycles. The van der Waals surface area contributed by atoms with Gasteiger partial charge >= 0.3 is 0 Å². The molecule has 8 nitrogen and oxygen atoms in total. The molecule has 0 aromatic heterocycles. The van der Waals surface area contributed by atoms with Crippen molar-refractivity contribution in [3.63, 3.8) is 0 Å². The molecule has 3 rings (SSSR count). The van der Waals surface area contributed by atoms with Crippen LogP contribution in [0.2, 0.25) is 0 Å². The number of carbonyl (C=O) groups excluding carboxylic acids is 1. The molecule has 0 bridgehead atoms. The Bertz CT molecular complexity index is 1030. The molecular formula is C21H21N3O5. The van der Waals surface area contributed by atoms with Gasteiger partial charge in [-0.2, -0.15) is 0 Å². The Morgan fingerprint density at radius 2 is 1.72 bits per heavy atom. The summed E-state index contributed by atoms with van der Waals surface area (Å²) in [6.45, 7) is -0.466. The van der Waals surface area contributed by atoms with Gasteiger partial charge in [0.25, 0.3) is 11.6 Å². The van der Waals surface area contributed by atoms with Crippen molar-refractivity contribution in [1.82, 2.24) is 5.32 Å². The van der Waals surface area contributed by atoms with Crippen molar-refractivity contribution < 1.29 is 19.9 Å². The lowest BCUT2D eigenvalue weighted by molar-refractivity contribution is -0.384. The van der Waals surface area contributed by atoms with Gasteiger partial charge in [-0.05, 0) is 28.5 Å². The second-order valence-corrected chi connectivity index (χ2v) is 6.56. The number of fused-ring (bicyclic) bond motifs is 1. The topological polar surface area (TPSA) is 125 Å². The third-order valence-corrected chi connectivity index (χ3v) is 4.53. The molecule has 0 fully saturated rings. The van der Waals surface area contributed by atoms with Gasteiger partial charge in [0.15, 0.2) is 0 Å². The van der Waals surface area contributed by atoms with E-state index in [4.69, 9.17) is 0 Å². The van der Waals surface area contributed by atoms with Crippen molar-refractivity contribution in [2.75, 3.05) is 18.5 Å². The fraction of sp³-hybridized carbons (Fsp3) is 0.190. The molecular weight excluding hydrogens is 374 g/mol. The lowest BCUT2D eigenvalue weighted by atomic mass is 10.1. The molecule has 0 atom stereocenters. The highest BCUT2D eigenvalue weighted by molar-refractivity contribution is 6.00. The van der Waals surface area contributed by atoms with Crippen LogP contribution in [0, 0.1) is 10.1 Å². The molecule has 0 aliphatic heterocycles. The van der Waals surface area contributed by atoms with E-state index in [1.54, 1.807) is 0 Å². The quantitative estimate of drug-likeness (QED) is 0.343. The van der Waals surface area contributed by atoms with Crippen LogP contribution >= 0.6 is 0 Å². The molecule has 0 saturated carbocycles. The Labute approximate surface area is 166 Å². The minimum Gasteiger partial charge on any atom is -0.394 e. The second-order valence-electron chi connectivity index (χ2n) is 6.56. The van der Waals surface area contributed by atoms with E-state index in [1.807, 2.05) is 42.5 Å². The maximum atomic E-state index is 12.7. The molecule has 0 saturated heterocycles. The molecule has 0 spiro atoms. The van der Waals surface area contributed by atoms with Gasteiger partial charge in [-0.3, -0.25) is 14.9 Å². The monoisotopic (exact) mass is 395 g/mol. The molecule has 0 heterocycles. The number of benzene rings is 3. The molecule has 8 heteroatoms. The van der Waals surface area contributed by atoms with Gasteiger partial charge < -0.3 is 20.8 Å². The number of hydrogen-bond acceptors (Lipinski definition) is 6. The van der Waals surface area contributed by atoms with Crippen LogP contribution in [0.15, 0.2) is 60.7 Å². The Morgan fingerprint density at radius 1 is 1.00 bits per heavy atom. The molecule has 0 aliphatic rings. The summed E-state index contributed by atoms with van der Waals surface area (Å²) < 4.78 is 0. The molecule has 0 radical (unpaired) electrons. The summed E-state index contributed by atoms with van der Waals surface area (Å²) >= 11 is 0. The molecule has 0 unspecified atom stereocenters. The van der Waals surface area contributed by atoms with Gasteiger partial charge in [0, 0.05) is 24.4 Å². The molecule has 4 N–H and O–H groups in total. The lowest BCUT2D eigenvalue weighted by Crippen LogP contribution is -2.30. The van der Waals surface area contributed by atoms with E-state index < -0.39 is 16.9 Å². The van der Waals surface area contributed by atoms with E-state index in [1.165, 1.54) is 18.2 Å². The standard InChI is InChI=1S/C21H21N3O5/c25-12-17(13-26)23-20-8-7-18(24(28)29)10-19(20)21(27)22-11-14-5-6-15-3-1-2-4-16(15)9-14/h1-10,17,23,25-26H,11-13H2,(H,22,27). The molecule has 3 aromatic carbocycles. The van der Waals surface area contributed by atoms with Gasteiger partial charge in [0.05, 0.1) is 29.7 Å². The van der Waals surface area contributed by atoms with Crippen LogP contribution in [0.25, 0.3) is 10.8 Å². The average molecular weight is 395 g/mol. The number of carbonyl (C=O) groups is 1. The van der Waals surface area contributed by atoms with Gasteiger partial charge in [-0.15, -0.1) is 0 Å².